The molecule has 2 aliphatic heterocycles. The predicted molar refractivity (Wildman–Crippen MR) is 168 cm³/mol. The number of amides is 2. The van der Waals surface area contributed by atoms with E-state index in [1.165, 1.54) is 28.8 Å². The summed E-state index contributed by atoms with van der Waals surface area (Å²) >= 11 is 0. The molecule has 2 amide bonds. The molecule has 2 aliphatic rings. The first-order valence-corrected chi connectivity index (χ1v) is 14.9. The van der Waals surface area contributed by atoms with Crippen molar-refractivity contribution >= 4 is 55.4 Å². The Bertz CT molecular complexity index is 2280. The molecule has 0 aliphatic carbocycles. The summed E-state index contributed by atoms with van der Waals surface area (Å²) in [7, 11) is 1.72. The Kier molecular flexibility index (Phi) is 6.57. The number of hydroxylamine groups is 2. The Hall–Kier alpha value is -5.02. The number of aromatic hydroxyl groups is 2. The van der Waals surface area contributed by atoms with E-state index in [-0.39, 0.29) is 34.7 Å². The van der Waals surface area contributed by atoms with Crippen molar-refractivity contribution in [2.24, 2.45) is 7.05 Å². The number of phenolic OH excluding ortho intramolecular Hbond substituents is 2. The second-order valence-corrected chi connectivity index (χ2v) is 11.9. The normalized spacial score (nSPS) is 23.2. The predicted octanol–water partition coefficient (Wildman–Crippen LogP) is 2.55. The first-order valence-electron chi connectivity index (χ1n) is 14.9. The van der Waals surface area contributed by atoms with Crippen molar-refractivity contribution in [1.82, 2.24) is 14.2 Å². The molecule has 0 saturated carbocycles. The van der Waals surface area contributed by atoms with E-state index >= 15 is 0 Å². The van der Waals surface area contributed by atoms with Crippen LogP contribution in [0.4, 0.5) is 0 Å². The smallest absolute Gasteiger partial charge is 0.286 e. The van der Waals surface area contributed by atoms with Crippen LogP contribution >= 0.6 is 0 Å². The van der Waals surface area contributed by atoms with E-state index in [1.54, 1.807) is 35.9 Å². The van der Waals surface area contributed by atoms with Crippen LogP contribution < -0.4 is 0 Å². The lowest BCUT2D eigenvalue weighted by atomic mass is 9.96. The van der Waals surface area contributed by atoms with Gasteiger partial charge in [0.05, 0.1) is 39.8 Å². The monoisotopic (exact) mass is 639 g/mol. The molecule has 4 aromatic carbocycles. The van der Waals surface area contributed by atoms with Gasteiger partial charge in [-0.3, -0.25) is 14.4 Å². The van der Waals surface area contributed by atoms with Gasteiger partial charge >= 0.3 is 0 Å². The highest BCUT2D eigenvalue weighted by Gasteiger charge is 2.47. The zero-order valence-electron chi connectivity index (χ0n) is 24.8. The third-order valence-electron chi connectivity index (χ3n) is 9.27. The molecule has 1 fully saturated rings. The van der Waals surface area contributed by atoms with Gasteiger partial charge in [0, 0.05) is 40.7 Å². The summed E-state index contributed by atoms with van der Waals surface area (Å²) in [5.41, 5.74) is 2.33. The van der Waals surface area contributed by atoms with Gasteiger partial charge in [-0.1, -0.05) is 30.3 Å². The van der Waals surface area contributed by atoms with Gasteiger partial charge in [0.25, 0.3) is 11.8 Å². The lowest BCUT2D eigenvalue weighted by Crippen LogP contribution is -2.56. The first kappa shape index (κ1) is 29.4. The highest BCUT2D eigenvalue weighted by atomic mass is 16.7. The molecule has 47 heavy (non-hydrogen) atoms. The lowest BCUT2D eigenvalue weighted by molar-refractivity contribution is -0.249. The van der Waals surface area contributed by atoms with Crippen LogP contribution in [0.1, 0.15) is 32.5 Å². The third-order valence-corrected chi connectivity index (χ3v) is 9.27. The average molecular weight is 640 g/mol. The number of aryl methyl sites for hydroxylation is 1. The fourth-order valence-corrected chi connectivity index (χ4v) is 7.10. The van der Waals surface area contributed by atoms with Crippen LogP contribution in [0, 0.1) is 0 Å². The number of phenols is 2. The summed E-state index contributed by atoms with van der Waals surface area (Å²) in [6.45, 7) is -0.745. The number of hydrogen-bond acceptors (Lipinski definition) is 10. The maximum absolute atomic E-state index is 14.3. The van der Waals surface area contributed by atoms with Crippen LogP contribution in [0.25, 0.3) is 43.6 Å². The van der Waals surface area contributed by atoms with E-state index < -0.39 is 49.1 Å². The van der Waals surface area contributed by atoms with E-state index in [9.17, 15) is 40.2 Å². The van der Waals surface area contributed by atoms with E-state index in [2.05, 4.69) is 0 Å². The Balaban J connectivity index is 1.50. The number of fused-ring (bicyclic) bond motifs is 10. The number of benzene rings is 4. The highest BCUT2D eigenvalue weighted by molar-refractivity contribution is 6.39. The number of aliphatic hydroxyl groups is 4. The summed E-state index contributed by atoms with van der Waals surface area (Å²) in [5.74, 6) is -1.62. The fraction of sp³-hybridized carbons (Fsp3) is 0.235. The minimum Gasteiger partial charge on any atom is -0.508 e. The zero-order valence-corrected chi connectivity index (χ0v) is 24.8. The van der Waals surface area contributed by atoms with Crippen molar-refractivity contribution in [2.45, 2.75) is 37.3 Å². The second kappa shape index (κ2) is 10.5. The first-order chi connectivity index (χ1) is 22.6. The van der Waals surface area contributed by atoms with Gasteiger partial charge in [0.1, 0.15) is 42.5 Å². The molecule has 4 heterocycles. The Morgan fingerprint density at radius 1 is 0.766 bits per heavy atom. The summed E-state index contributed by atoms with van der Waals surface area (Å²) in [6, 6.07) is 18.1. The summed E-state index contributed by atoms with van der Waals surface area (Å²) < 4.78 is 9.26. The molecular formula is C34H29N3O10. The van der Waals surface area contributed by atoms with E-state index in [4.69, 9.17) is 9.57 Å². The molecule has 1 saturated heterocycles. The molecule has 8 rings (SSSR count). The number of ether oxygens (including phenoxy) is 1. The maximum Gasteiger partial charge on any atom is 0.286 e. The van der Waals surface area contributed by atoms with Gasteiger partial charge in [-0.05, 0) is 29.8 Å². The summed E-state index contributed by atoms with van der Waals surface area (Å²) in [5, 5.41) is 66.0. The maximum atomic E-state index is 14.3. The summed E-state index contributed by atoms with van der Waals surface area (Å²) in [6.07, 6.45) is -7.78. The van der Waals surface area contributed by atoms with Gasteiger partial charge in [0.15, 0.2) is 6.23 Å². The number of imide groups is 1. The number of rotatable bonds is 5. The van der Waals surface area contributed by atoms with Crippen LogP contribution in [0.2, 0.25) is 0 Å². The molecule has 0 spiro atoms. The van der Waals surface area contributed by atoms with Crippen molar-refractivity contribution in [2.75, 3.05) is 6.61 Å². The molecule has 2 aromatic heterocycles. The van der Waals surface area contributed by atoms with Crippen LogP contribution in [-0.4, -0.2) is 87.7 Å². The largest absolute Gasteiger partial charge is 0.508 e. The quantitative estimate of drug-likeness (QED) is 0.153. The number of hydrogen-bond donors (Lipinski definition) is 6. The molecule has 13 nitrogen and oxygen atoms in total. The van der Waals surface area contributed by atoms with Gasteiger partial charge in [0.2, 0.25) is 0 Å². The van der Waals surface area contributed by atoms with Gasteiger partial charge in [-0.15, -0.1) is 5.06 Å². The highest BCUT2D eigenvalue weighted by Crippen LogP contribution is 2.49. The lowest BCUT2D eigenvalue weighted by Gasteiger charge is -2.41. The van der Waals surface area contributed by atoms with Crippen molar-refractivity contribution < 1.29 is 49.8 Å². The van der Waals surface area contributed by atoms with Crippen LogP contribution in [0.15, 0.2) is 66.7 Å². The van der Waals surface area contributed by atoms with Crippen molar-refractivity contribution in [3.05, 3.63) is 83.4 Å². The number of carbonyl (C=O) groups excluding carboxylic acids is 2. The van der Waals surface area contributed by atoms with Gasteiger partial charge in [-0.25, -0.2) is 0 Å². The van der Waals surface area contributed by atoms with E-state index in [0.717, 1.165) is 10.6 Å². The minimum atomic E-state index is -1.73. The van der Waals surface area contributed by atoms with Crippen molar-refractivity contribution in [3.63, 3.8) is 0 Å². The van der Waals surface area contributed by atoms with Crippen molar-refractivity contribution in [3.8, 4) is 11.5 Å². The van der Waals surface area contributed by atoms with E-state index in [1.807, 2.05) is 18.2 Å². The van der Waals surface area contributed by atoms with Crippen LogP contribution in [0.3, 0.4) is 0 Å². The molecule has 5 atom stereocenters. The Morgan fingerprint density at radius 3 is 2.00 bits per heavy atom. The number of aromatic nitrogens is 2. The average Bonchev–Trinajstić information content (AvgIpc) is 3.63. The molecule has 6 N–H and O–H groups in total. The number of nitrogens with zero attached hydrogens (tertiary/aromatic N) is 3. The topological polar surface area (TPSA) is 187 Å². The molecule has 0 bridgehead atoms. The molecule has 5 unspecified atom stereocenters. The fourth-order valence-electron chi connectivity index (χ4n) is 7.10. The Labute approximate surface area is 265 Å². The number of carbonyl (C=O) groups is 2. The van der Waals surface area contributed by atoms with Gasteiger partial charge < -0.3 is 44.5 Å². The second-order valence-electron chi connectivity index (χ2n) is 11.9. The van der Waals surface area contributed by atoms with Crippen LogP contribution in [-0.2, 0) is 23.2 Å². The molecule has 6 aromatic rings. The van der Waals surface area contributed by atoms with Crippen molar-refractivity contribution in [1.29, 1.82) is 0 Å². The minimum absolute atomic E-state index is 0.0187. The van der Waals surface area contributed by atoms with Gasteiger partial charge in [-0.2, -0.15) is 0 Å². The number of aliphatic hydroxyl groups excluding tert-OH is 4. The Morgan fingerprint density at radius 2 is 1.36 bits per heavy atom. The van der Waals surface area contributed by atoms with Crippen LogP contribution in [0.5, 0.6) is 11.5 Å². The van der Waals surface area contributed by atoms with E-state index in [0.29, 0.717) is 38.1 Å². The summed E-state index contributed by atoms with van der Waals surface area (Å²) in [4.78, 5) is 34.4. The zero-order chi connectivity index (χ0) is 32.9. The SMILES string of the molecule is Cn1c2cc(O)ccc2c2c3c(c4c5ccc(O)cc5n(C5OC(CO)C(O)C(O)C5O)c4c21)C(=O)N(OCc1ccccc1)C3=O. The third kappa shape index (κ3) is 4.05. The molecule has 0 radical (unpaired) electrons. The molecular weight excluding hydrogens is 610 g/mol. The molecule has 240 valence electrons. The molecule has 13 heteroatoms. The standard InChI is InChI=1S/C34H29N3O10/c1-35-20-11-16(39)7-9-18(20)23-25-26(33(45)37(32(25)44)46-14-15-5-3-2-4-6-15)24-19-10-8-17(40)12-21(19)36(28(24)27(23)35)34-31(43)30(42)29(41)22(13-38)47-34/h2-12,22,29-31,34,38-43H,13-14H2,1H3.